The molecular weight excluding hydrogens is 451 g/mol. The number of nitrogens with one attached hydrogen (secondary N) is 2. The Kier molecular flexibility index (Phi) is 5.40. The summed E-state index contributed by atoms with van der Waals surface area (Å²) >= 11 is 5.78. The predicted octanol–water partition coefficient (Wildman–Crippen LogP) is 2.93. The molecule has 1 atom stereocenters. The normalized spacial score (nSPS) is 20.3. The zero-order chi connectivity index (χ0) is 23.3. The van der Waals surface area contributed by atoms with Crippen LogP contribution in [0.1, 0.15) is 42.3 Å². The second-order valence-corrected chi connectivity index (χ2v) is 8.11. The largest absolute Gasteiger partial charge is 0.417 e. The molecular formula is C20H19ClF3N5O3. The van der Waals surface area contributed by atoms with Crippen molar-refractivity contribution in [3.63, 3.8) is 0 Å². The SMILES string of the molecule is CCn1ccnc1C1(CCC(=O)N2Cc3cc(Cl)c(C(F)(F)F)cc3C2)NC(=O)NC1=O. The molecule has 1 saturated heterocycles. The zero-order valence-corrected chi connectivity index (χ0v) is 17.7. The third-order valence-electron chi connectivity index (χ3n) is 5.76. The number of benzene rings is 1. The summed E-state index contributed by atoms with van der Waals surface area (Å²) in [6.45, 7) is 2.46. The fraction of sp³-hybridized carbons (Fsp3) is 0.400. The lowest BCUT2D eigenvalue weighted by molar-refractivity contribution is -0.137. The molecule has 0 bridgehead atoms. The first-order chi connectivity index (χ1) is 15.0. The first-order valence-electron chi connectivity index (χ1n) is 9.86. The van der Waals surface area contributed by atoms with Gasteiger partial charge in [0.2, 0.25) is 5.91 Å². The van der Waals surface area contributed by atoms with Crippen LogP contribution in [0.2, 0.25) is 5.02 Å². The lowest BCUT2D eigenvalue weighted by Crippen LogP contribution is -2.47. The Bertz CT molecular complexity index is 1120. The van der Waals surface area contributed by atoms with E-state index in [9.17, 15) is 27.6 Å². The van der Waals surface area contributed by atoms with Gasteiger partial charge >= 0.3 is 12.2 Å². The number of fused-ring (bicyclic) bond motifs is 1. The number of aromatic nitrogens is 2. The average Bonchev–Trinajstić information content (AvgIpc) is 3.41. The van der Waals surface area contributed by atoms with Crippen LogP contribution >= 0.6 is 11.6 Å². The molecule has 3 heterocycles. The van der Waals surface area contributed by atoms with Crippen LogP contribution < -0.4 is 10.6 Å². The maximum atomic E-state index is 13.1. The molecule has 0 aliphatic carbocycles. The van der Waals surface area contributed by atoms with E-state index in [1.165, 1.54) is 17.2 Å². The van der Waals surface area contributed by atoms with Gasteiger partial charge in [0.25, 0.3) is 5.91 Å². The Morgan fingerprint density at radius 1 is 1.25 bits per heavy atom. The van der Waals surface area contributed by atoms with Crippen LogP contribution in [0, 0.1) is 0 Å². The minimum Gasteiger partial charge on any atom is -0.334 e. The number of imidazole rings is 1. The number of amides is 4. The number of nitrogens with zero attached hydrogens (tertiary/aromatic N) is 3. The third kappa shape index (κ3) is 3.70. The van der Waals surface area contributed by atoms with Gasteiger partial charge < -0.3 is 14.8 Å². The molecule has 1 unspecified atom stereocenters. The molecule has 8 nitrogen and oxygen atoms in total. The second-order valence-electron chi connectivity index (χ2n) is 7.70. The standard InChI is InChI=1S/C20H19ClF3N5O3/c1-2-28-6-5-25-16(28)19(17(31)26-18(32)27-19)4-3-15(30)29-9-11-7-13(20(22,23)24)14(21)8-12(11)10-29/h5-8H,2-4,9-10H2,1H3,(H2,26,27,31,32). The molecule has 4 rings (SSSR count). The second kappa shape index (κ2) is 7.80. The van der Waals surface area contributed by atoms with Crippen molar-refractivity contribution in [2.75, 3.05) is 0 Å². The van der Waals surface area contributed by atoms with Crippen LogP contribution in [0.5, 0.6) is 0 Å². The summed E-state index contributed by atoms with van der Waals surface area (Å²) in [4.78, 5) is 43.0. The van der Waals surface area contributed by atoms with E-state index >= 15 is 0 Å². The number of carbonyl (C=O) groups is 3. The minimum atomic E-state index is -4.59. The molecule has 2 aromatic rings. The van der Waals surface area contributed by atoms with Gasteiger partial charge in [-0.3, -0.25) is 14.9 Å². The summed E-state index contributed by atoms with van der Waals surface area (Å²) in [7, 11) is 0. The zero-order valence-electron chi connectivity index (χ0n) is 16.9. The van der Waals surface area contributed by atoms with Crippen molar-refractivity contribution < 1.29 is 27.6 Å². The fourth-order valence-corrected chi connectivity index (χ4v) is 4.44. The summed E-state index contributed by atoms with van der Waals surface area (Å²) in [6.07, 6.45) is -1.61. The maximum Gasteiger partial charge on any atom is 0.417 e. The van der Waals surface area contributed by atoms with Gasteiger partial charge in [-0.15, -0.1) is 0 Å². The number of aryl methyl sites for hydroxylation is 1. The molecule has 2 aliphatic heterocycles. The Hall–Kier alpha value is -3.08. The van der Waals surface area contributed by atoms with Crippen molar-refractivity contribution in [1.82, 2.24) is 25.1 Å². The van der Waals surface area contributed by atoms with E-state index < -0.39 is 34.2 Å². The molecule has 32 heavy (non-hydrogen) atoms. The molecule has 2 N–H and O–H groups in total. The molecule has 2 aliphatic rings. The van der Waals surface area contributed by atoms with Gasteiger partial charge in [0.15, 0.2) is 5.54 Å². The molecule has 12 heteroatoms. The van der Waals surface area contributed by atoms with Crippen molar-refractivity contribution in [3.05, 3.63) is 52.1 Å². The van der Waals surface area contributed by atoms with Gasteiger partial charge in [-0.25, -0.2) is 9.78 Å². The smallest absolute Gasteiger partial charge is 0.334 e. The Morgan fingerprint density at radius 2 is 1.94 bits per heavy atom. The quantitative estimate of drug-likeness (QED) is 0.658. The topological polar surface area (TPSA) is 96.3 Å². The number of alkyl halides is 3. The van der Waals surface area contributed by atoms with Crippen LogP contribution in [0.25, 0.3) is 0 Å². The van der Waals surface area contributed by atoms with Crippen molar-refractivity contribution in [2.24, 2.45) is 0 Å². The van der Waals surface area contributed by atoms with E-state index in [1.807, 2.05) is 6.92 Å². The summed E-state index contributed by atoms with van der Waals surface area (Å²) in [5.74, 6) is -0.668. The van der Waals surface area contributed by atoms with Crippen molar-refractivity contribution in [3.8, 4) is 0 Å². The first-order valence-corrected chi connectivity index (χ1v) is 10.2. The first kappa shape index (κ1) is 22.1. The molecule has 0 radical (unpaired) electrons. The molecule has 1 fully saturated rings. The number of rotatable bonds is 5. The summed E-state index contributed by atoms with van der Waals surface area (Å²) in [5, 5.41) is 4.37. The van der Waals surface area contributed by atoms with Crippen LogP contribution in [0.15, 0.2) is 24.5 Å². The fourth-order valence-electron chi connectivity index (χ4n) is 4.14. The van der Waals surface area contributed by atoms with E-state index in [2.05, 4.69) is 15.6 Å². The van der Waals surface area contributed by atoms with Gasteiger partial charge in [0.05, 0.1) is 10.6 Å². The molecule has 170 valence electrons. The van der Waals surface area contributed by atoms with Gasteiger partial charge in [-0.05, 0) is 36.6 Å². The maximum absolute atomic E-state index is 13.1. The number of hydrogen-bond acceptors (Lipinski definition) is 4. The van der Waals surface area contributed by atoms with Crippen molar-refractivity contribution in [2.45, 2.75) is 51.1 Å². The Morgan fingerprint density at radius 3 is 2.53 bits per heavy atom. The Balaban J connectivity index is 1.52. The third-order valence-corrected chi connectivity index (χ3v) is 6.08. The van der Waals surface area contributed by atoms with Crippen LogP contribution in [0.3, 0.4) is 0 Å². The van der Waals surface area contributed by atoms with Crippen molar-refractivity contribution >= 4 is 29.4 Å². The summed E-state index contributed by atoms with van der Waals surface area (Å²) < 4.78 is 41.1. The number of urea groups is 1. The van der Waals surface area contributed by atoms with Gasteiger partial charge in [-0.2, -0.15) is 13.2 Å². The summed E-state index contributed by atoms with van der Waals surface area (Å²) in [5.41, 5.74) is -1.54. The highest BCUT2D eigenvalue weighted by Crippen LogP contribution is 2.39. The van der Waals surface area contributed by atoms with E-state index in [-0.39, 0.29) is 31.8 Å². The average molecular weight is 470 g/mol. The van der Waals surface area contributed by atoms with Crippen LogP contribution in [-0.2, 0) is 40.9 Å². The van der Waals surface area contributed by atoms with Crippen molar-refractivity contribution in [1.29, 1.82) is 0 Å². The summed E-state index contributed by atoms with van der Waals surface area (Å²) in [6, 6.07) is 1.52. The molecule has 1 aromatic heterocycles. The minimum absolute atomic E-state index is 0.00353. The van der Waals surface area contributed by atoms with Gasteiger partial charge in [0.1, 0.15) is 5.82 Å². The monoisotopic (exact) mass is 469 g/mol. The van der Waals surface area contributed by atoms with E-state index in [0.717, 1.165) is 6.07 Å². The van der Waals surface area contributed by atoms with Crippen LogP contribution in [0.4, 0.5) is 18.0 Å². The van der Waals surface area contributed by atoms with E-state index in [1.54, 1.807) is 10.8 Å². The van der Waals surface area contributed by atoms with Crippen LogP contribution in [-0.4, -0.2) is 32.3 Å². The Labute approximate surface area is 185 Å². The molecule has 0 saturated carbocycles. The highest BCUT2D eigenvalue weighted by molar-refractivity contribution is 6.31. The highest BCUT2D eigenvalue weighted by atomic mass is 35.5. The molecule has 1 aromatic carbocycles. The lowest BCUT2D eigenvalue weighted by Gasteiger charge is -2.27. The number of halogens is 4. The van der Waals surface area contributed by atoms with E-state index in [0.29, 0.717) is 23.5 Å². The number of imide groups is 1. The number of hydrogen-bond donors (Lipinski definition) is 2. The highest BCUT2D eigenvalue weighted by Gasteiger charge is 2.50. The lowest BCUT2D eigenvalue weighted by atomic mass is 9.92. The van der Waals surface area contributed by atoms with Gasteiger partial charge in [-0.1, -0.05) is 11.6 Å². The molecule has 4 amide bonds. The predicted molar refractivity (Wildman–Crippen MR) is 106 cm³/mol. The van der Waals surface area contributed by atoms with Gasteiger partial charge in [0, 0.05) is 38.4 Å². The molecule has 0 spiro atoms. The number of carbonyl (C=O) groups excluding carboxylic acids is 3. The van der Waals surface area contributed by atoms with E-state index in [4.69, 9.17) is 11.6 Å².